The first-order valence-corrected chi connectivity index (χ1v) is 18.4. The molecule has 0 bridgehead atoms. The van der Waals surface area contributed by atoms with E-state index in [1.54, 1.807) is 12.1 Å². The molecule has 0 saturated carbocycles. The van der Waals surface area contributed by atoms with E-state index in [0.29, 0.717) is 12.3 Å². The zero-order valence-corrected chi connectivity index (χ0v) is 28.8. The van der Waals surface area contributed by atoms with Gasteiger partial charge in [-0.25, -0.2) is 4.79 Å². The number of aliphatic hydroxyl groups is 1. The van der Waals surface area contributed by atoms with Crippen LogP contribution in [-0.2, 0) is 30.2 Å². The Balaban J connectivity index is 2.55. The van der Waals surface area contributed by atoms with Crippen LogP contribution in [0.5, 0.6) is 0 Å². The summed E-state index contributed by atoms with van der Waals surface area (Å²) in [6.07, 6.45) is 22.1. The lowest BCUT2D eigenvalue weighted by atomic mass is 9.91. The van der Waals surface area contributed by atoms with Crippen LogP contribution in [-0.4, -0.2) is 28.3 Å². The van der Waals surface area contributed by atoms with E-state index < -0.39 is 31.7 Å². The molecule has 0 heterocycles. The van der Waals surface area contributed by atoms with Crippen LogP contribution in [0.15, 0.2) is 30.3 Å². The second-order valence-corrected chi connectivity index (χ2v) is 13.3. The minimum atomic E-state index is -2.53. The lowest BCUT2D eigenvalue weighted by Crippen LogP contribution is -2.42. The van der Waals surface area contributed by atoms with Gasteiger partial charge in [-0.05, 0) is 24.3 Å². The molecule has 0 aromatic heterocycles. The van der Waals surface area contributed by atoms with Gasteiger partial charge in [0.15, 0.2) is 6.29 Å². The van der Waals surface area contributed by atoms with Crippen molar-refractivity contribution in [3.05, 3.63) is 35.9 Å². The highest BCUT2D eigenvalue weighted by atomic mass is 32.1. The molecule has 0 spiro atoms. The third kappa shape index (κ3) is 18.7. The number of rotatable bonds is 28. The van der Waals surface area contributed by atoms with E-state index in [9.17, 15) is 14.5 Å². The van der Waals surface area contributed by atoms with E-state index >= 15 is 0 Å². The van der Waals surface area contributed by atoms with E-state index in [-0.39, 0.29) is 6.61 Å². The van der Waals surface area contributed by atoms with Crippen molar-refractivity contribution in [2.45, 2.75) is 167 Å². The first kappa shape index (κ1) is 39.2. The number of thiol groups is 1. The van der Waals surface area contributed by atoms with Gasteiger partial charge in [0.1, 0.15) is 20.5 Å². The summed E-state index contributed by atoms with van der Waals surface area (Å²) < 4.78 is 28.7. The number of carbonyl (C=O) groups excluding carboxylic acids is 1. The van der Waals surface area contributed by atoms with E-state index in [1.807, 2.05) is 25.1 Å². The molecule has 0 amide bonds. The fourth-order valence-electron chi connectivity index (χ4n) is 5.21. The SMILES string of the molecule is CCCCCCCCCCCCC(CCCCCCC)CC(S)OC(CC)OC(O)([PH2]=O)C(=O)OCc1ccccc1. The second kappa shape index (κ2) is 25.5. The fourth-order valence-corrected chi connectivity index (χ4v) is 6.03. The molecule has 42 heavy (non-hydrogen) atoms. The summed E-state index contributed by atoms with van der Waals surface area (Å²) in [4.78, 5) is 12.6. The Labute approximate surface area is 263 Å². The smallest absolute Gasteiger partial charge is 0.374 e. The molecule has 8 heteroatoms. The van der Waals surface area contributed by atoms with Crippen LogP contribution < -0.4 is 0 Å². The van der Waals surface area contributed by atoms with Crippen LogP contribution in [0.1, 0.15) is 148 Å². The number of hydrogen-bond donors (Lipinski definition) is 2. The zero-order chi connectivity index (χ0) is 30.9. The van der Waals surface area contributed by atoms with Crippen LogP contribution in [0.2, 0.25) is 0 Å². The van der Waals surface area contributed by atoms with Crippen molar-refractivity contribution in [1.29, 1.82) is 0 Å². The number of ether oxygens (including phenoxy) is 3. The highest BCUT2D eigenvalue weighted by molar-refractivity contribution is 7.80. The topological polar surface area (TPSA) is 82.1 Å². The van der Waals surface area contributed by atoms with Gasteiger partial charge in [0.05, 0.1) is 0 Å². The molecule has 0 saturated heterocycles. The van der Waals surface area contributed by atoms with Gasteiger partial charge in [-0.15, -0.1) is 12.6 Å². The number of unbranched alkanes of at least 4 members (excludes halogenated alkanes) is 13. The highest BCUT2D eigenvalue weighted by Gasteiger charge is 2.41. The minimum Gasteiger partial charge on any atom is -0.456 e. The Bertz CT molecular complexity index is 797. The maximum atomic E-state index is 12.6. The minimum absolute atomic E-state index is 0.0451. The van der Waals surface area contributed by atoms with Crippen molar-refractivity contribution in [1.82, 2.24) is 0 Å². The third-order valence-electron chi connectivity index (χ3n) is 7.84. The Hall–Kier alpha value is -0.850. The van der Waals surface area contributed by atoms with E-state index in [0.717, 1.165) is 24.8 Å². The van der Waals surface area contributed by atoms with Crippen molar-refractivity contribution >= 4 is 27.1 Å². The van der Waals surface area contributed by atoms with Crippen molar-refractivity contribution in [2.24, 2.45) is 5.92 Å². The lowest BCUT2D eigenvalue weighted by Gasteiger charge is -2.29. The average Bonchev–Trinajstić information content (AvgIpc) is 3.00. The molecule has 1 N–H and O–H groups in total. The number of benzene rings is 1. The quantitative estimate of drug-likeness (QED) is 0.0316. The molecule has 6 nitrogen and oxygen atoms in total. The summed E-state index contributed by atoms with van der Waals surface area (Å²) in [6.45, 7) is 6.28. The summed E-state index contributed by atoms with van der Waals surface area (Å²) in [5, 5.41) is 10.7. The summed E-state index contributed by atoms with van der Waals surface area (Å²) in [6, 6.07) is 9.12. The fraction of sp³-hybridized carbons (Fsp3) is 0.794. The Morgan fingerprint density at radius 1 is 0.833 bits per heavy atom. The summed E-state index contributed by atoms with van der Waals surface area (Å²) in [7, 11) is -2.01. The lowest BCUT2D eigenvalue weighted by molar-refractivity contribution is -0.259. The molecule has 1 aromatic rings. The molecule has 0 aliphatic carbocycles. The largest absolute Gasteiger partial charge is 0.456 e. The first-order chi connectivity index (χ1) is 20.4. The Morgan fingerprint density at radius 3 is 1.81 bits per heavy atom. The summed E-state index contributed by atoms with van der Waals surface area (Å²) in [5.74, 6) is -0.569. The van der Waals surface area contributed by atoms with Gasteiger partial charge in [-0.1, -0.05) is 160 Å². The maximum absolute atomic E-state index is 12.6. The molecule has 1 rings (SSSR count). The standard InChI is InChI=1S/C34H61O6PS/c1-4-7-9-11-12-13-14-15-17-20-24-29(23-19-16-10-8-5-2)27-32(42)39-31(6-3)40-34(36,41-37)33(35)38-28-30-25-21-18-22-26-30/h18,21-22,25-26,29,31-32,36,42H,4-17,19-20,23-24,27-28,41H2,1-3H3. The predicted octanol–water partition coefficient (Wildman–Crippen LogP) is 9.84. The number of carbonyl (C=O) groups is 1. The van der Waals surface area contributed by atoms with Gasteiger partial charge in [-0.3, -0.25) is 0 Å². The molecule has 0 fully saturated rings. The van der Waals surface area contributed by atoms with Crippen LogP contribution in [0.25, 0.3) is 0 Å². The molecule has 244 valence electrons. The molecule has 0 radical (unpaired) electrons. The average molecular weight is 629 g/mol. The first-order valence-electron chi connectivity index (χ1n) is 16.8. The molecule has 1 aromatic carbocycles. The van der Waals surface area contributed by atoms with E-state index in [2.05, 4.69) is 13.8 Å². The van der Waals surface area contributed by atoms with Crippen molar-refractivity contribution < 1.29 is 28.7 Å². The van der Waals surface area contributed by atoms with Crippen molar-refractivity contribution in [3.63, 3.8) is 0 Å². The van der Waals surface area contributed by atoms with Gasteiger partial charge in [0.2, 0.25) is 0 Å². The molecular weight excluding hydrogens is 567 g/mol. The number of hydrogen-bond acceptors (Lipinski definition) is 7. The molecule has 0 aliphatic heterocycles. The van der Waals surface area contributed by atoms with E-state index in [4.69, 9.17) is 26.8 Å². The van der Waals surface area contributed by atoms with Crippen molar-refractivity contribution in [2.75, 3.05) is 0 Å². The second-order valence-electron chi connectivity index (χ2n) is 11.7. The van der Waals surface area contributed by atoms with Gasteiger partial charge >= 0.3 is 11.5 Å². The van der Waals surface area contributed by atoms with Crippen LogP contribution in [0, 0.1) is 5.92 Å². The zero-order valence-electron chi connectivity index (χ0n) is 26.8. The van der Waals surface area contributed by atoms with Gasteiger partial charge in [-0.2, -0.15) is 0 Å². The highest BCUT2D eigenvalue weighted by Crippen LogP contribution is 2.30. The summed E-state index contributed by atoms with van der Waals surface area (Å²) in [5.41, 5.74) is -2.18. The summed E-state index contributed by atoms with van der Waals surface area (Å²) >= 11 is 4.72. The monoisotopic (exact) mass is 628 g/mol. The Kier molecular flexibility index (Phi) is 23.8. The molecule has 5 unspecified atom stereocenters. The Morgan fingerprint density at radius 2 is 1.33 bits per heavy atom. The maximum Gasteiger partial charge on any atom is 0.374 e. The van der Waals surface area contributed by atoms with Crippen LogP contribution >= 0.6 is 21.1 Å². The third-order valence-corrected chi connectivity index (χ3v) is 8.86. The molecule has 0 aliphatic rings. The van der Waals surface area contributed by atoms with Gasteiger partial charge in [0.25, 0.3) is 0 Å². The van der Waals surface area contributed by atoms with Crippen LogP contribution in [0.4, 0.5) is 0 Å². The number of esters is 1. The van der Waals surface area contributed by atoms with Crippen molar-refractivity contribution in [3.8, 4) is 0 Å². The normalized spacial score (nSPS) is 15.5. The molecular formula is C34H61O6PS. The molecule has 5 atom stereocenters. The van der Waals surface area contributed by atoms with Gasteiger partial charge < -0.3 is 23.9 Å². The van der Waals surface area contributed by atoms with Gasteiger partial charge in [0, 0.05) is 0 Å². The predicted molar refractivity (Wildman–Crippen MR) is 179 cm³/mol. The van der Waals surface area contributed by atoms with E-state index in [1.165, 1.54) is 96.3 Å². The van der Waals surface area contributed by atoms with Crippen LogP contribution in [0.3, 0.4) is 0 Å².